The minimum Gasteiger partial charge on any atom is -0.458 e. The molecule has 0 saturated carbocycles. The molecular formula is C55H38FIrN7O-2. The fourth-order valence-corrected chi connectivity index (χ4v) is 7.91. The first-order valence-electron chi connectivity index (χ1n) is 20.8. The summed E-state index contributed by atoms with van der Waals surface area (Å²) in [5.41, 5.74) is 13.3. The monoisotopic (exact) mass is 1020 g/mol. The van der Waals surface area contributed by atoms with E-state index < -0.39 is 0 Å². The molecule has 5 aromatic heterocycles. The molecule has 0 saturated heterocycles. The van der Waals surface area contributed by atoms with E-state index in [1.54, 1.807) is 18.5 Å². The van der Waals surface area contributed by atoms with Gasteiger partial charge in [0.05, 0.1) is 11.4 Å². The van der Waals surface area contributed by atoms with E-state index in [2.05, 4.69) is 72.3 Å². The molecular weight excluding hydrogens is 986 g/mol. The van der Waals surface area contributed by atoms with E-state index in [4.69, 9.17) is 24.4 Å². The van der Waals surface area contributed by atoms with Crippen LogP contribution >= 0.6 is 0 Å². The molecule has 0 unspecified atom stereocenters. The number of imidazole rings is 1. The number of pyridine rings is 2. The zero-order chi connectivity index (χ0) is 43.6. The van der Waals surface area contributed by atoms with Gasteiger partial charge >= 0.3 is 0 Å². The van der Waals surface area contributed by atoms with Crippen LogP contribution in [0.25, 0.3) is 101 Å². The van der Waals surface area contributed by atoms with Crippen molar-refractivity contribution < 1.29 is 28.9 Å². The van der Waals surface area contributed by atoms with Crippen molar-refractivity contribution in [3.63, 3.8) is 0 Å². The third-order valence-corrected chi connectivity index (χ3v) is 11.0. The van der Waals surface area contributed by atoms with Gasteiger partial charge in [-0.3, -0.25) is 9.37 Å². The first-order chi connectivity index (χ1) is 31.3. The number of aromatic nitrogens is 7. The van der Waals surface area contributed by atoms with Crippen molar-refractivity contribution in [1.82, 2.24) is 34.5 Å². The average Bonchev–Trinajstić information content (AvgIpc) is 3.94. The summed E-state index contributed by atoms with van der Waals surface area (Å²) in [6.45, 7) is 4.28. The molecule has 0 spiro atoms. The minimum absolute atomic E-state index is 0. The van der Waals surface area contributed by atoms with Gasteiger partial charge in [0, 0.05) is 68.1 Å². The summed E-state index contributed by atoms with van der Waals surface area (Å²) in [5.74, 6) is 2.19. The zero-order valence-electron chi connectivity index (χ0n) is 35.5. The first-order valence-corrected chi connectivity index (χ1v) is 20.8. The van der Waals surface area contributed by atoms with Gasteiger partial charge in [-0.2, -0.15) is 0 Å². The van der Waals surface area contributed by atoms with E-state index in [0.717, 1.165) is 55.7 Å². The Labute approximate surface area is 389 Å². The normalized spacial score (nSPS) is 11.0. The number of aryl methyl sites for hydroxylation is 3. The van der Waals surface area contributed by atoms with E-state index in [9.17, 15) is 4.39 Å². The standard InChI is InChI=1S/C30H19N6O.C25H19FN.Ir/c1-36-17-16-31-29(36)21-12-13-22-23-14-15-24(32-30(23)37-25(22)18-21)28-34-26(19-8-4-2-5-9-19)33-27(35-28)20-10-6-3-7-11-20;1-17-14-22(19-6-4-3-5-7-19)15-18(2)25(17)21-12-13-27-24(16-21)20-8-10-23(26)11-9-20;/h2-11,13-18H,1H3;3-8,10-16H,1-2H3;/q2*-1;. The summed E-state index contributed by atoms with van der Waals surface area (Å²) >= 11 is 0. The van der Waals surface area contributed by atoms with Gasteiger partial charge in [-0.25, -0.2) is 19.9 Å². The van der Waals surface area contributed by atoms with Crippen LogP contribution in [0.1, 0.15) is 11.1 Å². The molecule has 10 heteroatoms. The van der Waals surface area contributed by atoms with Crippen molar-refractivity contribution in [2.24, 2.45) is 7.05 Å². The molecule has 1 radical (unpaired) electrons. The van der Waals surface area contributed by atoms with Gasteiger partial charge < -0.3 is 14.0 Å². The molecule has 0 bridgehead atoms. The van der Waals surface area contributed by atoms with Gasteiger partial charge in [0.25, 0.3) is 0 Å². The smallest absolute Gasteiger partial charge is 0.216 e. The van der Waals surface area contributed by atoms with E-state index in [1.165, 1.54) is 39.9 Å². The van der Waals surface area contributed by atoms with Crippen LogP contribution in [0.15, 0.2) is 181 Å². The van der Waals surface area contributed by atoms with Gasteiger partial charge in [0.2, 0.25) is 5.71 Å². The van der Waals surface area contributed by atoms with Crippen molar-refractivity contribution in [3.8, 4) is 79.2 Å². The SMILES string of the molecule is Cc1cc(-c2ccccc2)cc(C)c1-c1ccnc(-c2[c-]cc(F)cc2)c1.Cn1ccnc1-c1[c-]cc2c(c1)oc1nc(-c3nc(-c4ccccc4)nc(-c4ccccc4)n3)ccc12.[Ir]. The van der Waals surface area contributed by atoms with E-state index in [0.29, 0.717) is 28.9 Å². The third kappa shape index (κ3) is 8.91. The summed E-state index contributed by atoms with van der Waals surface area (Å²) in [6, 6.07) is 57.2. The summed E-state index contributed by atoms with van der Waals surface area (Å²) in [7, 11) is 1.95. The fraction of sp³-hybridized carbons (Fsp3) is 0.0545. The van der Waals surface area contributed by atoms with Crippen LogP contribution in [0.3, 0.4) is 0 Å². The molecule has 11 aromatic rings. The van der Waals surface area contributed by atoms with Gasteiger partial charge in [-0.1, -0.05) is 127 Å². The van der Waals surface area contributed by atoms with Crippen LogP contribution in [0.5, 0.6) is 0 Å². The van der Waals surface area contributed by atoms with Crippen LogP contribution < -0.4 is 0 Å². The number of fused-ring (bicyclic) bond motifs is 3. The number of hydrogen-bond donors (Lipinski definition) is 0. The second-order valence-corrected chi connectivity index (χ2v) is 15.4. The number of hydrogen-bond acceptors (Lipinski definition) is 7. The summed E-state index contributed by atoms with van der Waals surface area (Å²) in [5, 5.41) is 1.85. The van der Waals surface area contributed by atoms with Gasteiger partial charge in [-0.15, -0.1) is 47.5 Å². The molecule has 5 heterocycles. The molecule has 0 atom stereocenters. The first kappa shape index (κ1) is 42.5. The van der Waals surface area contributed by atoms with Crippen molar-refractivity contribution in [2.75, 3.05) is 0 Å². The maximum atomic E-state index is 13.2. The Morgan fingerprint density at radius 2 is 1.15 bits per heavy atom. The number of rotatable bonds is 7. The summed E-state index contributed by atoms with van der Waals surface area (Å²) in [4.78, 5) is 28.0. The number of furan rings is 1. The fourth-order valence-electron chi connectivity index (χ4n) is 7.91. The van der Waals surface area contributed by atoms with Crippen LogP contribution in [-0.4, -0.2) is 34.5 Å². The van der Waals surface area contributed by atoms with Crippen molar-refractivity contribution in [1.29, 1.82) is 0 Å². The van der Waals surface area contributed by atoms with Crippen molar-refractivity contribution >= 4 is 22.1 Å². The minimum atomic E-state index is -0.293. The molecule has 11 rings (SSSR count). The zero-order valence-corrected chi connectivity index (χ0v) is 37.9. The van der Waals surface area contributed by atoms with Gasteiger partial charge in [-0.05, 0) is 65.1 Å². The molecule has 0 aliphatic heterocycles. The molecule has 0 amide bonds. The van der Waals surface area contributed by atoms with Crippen molar-refractivity contribution in [2.45, 2.75) is 13.8 Å². The van der Waals surface area contributed by atoms with Crippen LogP contribution in [0, 0.1) is 31.8 Å². The maximum Gasteiger partial charge on any atom is 0.216 e. The number of nitrogens with zero attached hydrogens (tertiary/aromatic N) is 7. The van der Waals surface area contributed by atoms with Gasteiger partial charge in [0.15, 0.2) is 17.5 Å². The van der Waals surface area contributed by atoms with E-state index in [1.807, 2.05) is 121 Å². The second-order valence-electron chi connectivity index (χ2n) is 15.4. The van der Waals surface area contributed by atoms with E-state index in [-0.39, 0.29) is 25.9 Å². The van der Waals surface area contributed by atoms with Crippen LogP contribution in [-0.2, 0) is 27.2 Å². The van der Waals surface area contributed by atoms with Crippen LogP contribution in [0.2, 0.25) is 0 Å². The number of benzene rings is 6. The molecule has 0 fully saturated rings. The Morgan fingerprint density at radius 1 is 0.523 bits per heavy atom. The average molecular weight is 1020 g/mol. The second kappa shape index (κ2) is 18.5. The van der Waals surface area contributed by atoms with Gasteiger partial charge in [0.1, 0.15) is 5.69 Å². The predicted octanol–water partition coefficient (Wildman–Crippen LogP) is 13.0. The molecule has 6 aromatic carbocycles. The molecule has 8 nitrogen and oxygen atoms in total. The Kier molecular flexibility index (Phi) is 12.1. The number of halogens is 1. The third-order valence-electron chi connectivity index (χ3n) is 11.0. The van der Waals surface area contributed by atoms with E-state index >= 15 is 0 Å². The Hall–Kier alpha value is -7.78. The predicted molar refractivity (Wildman–Crippen MR) is 251 cm³/mol. The molecule has 0 aliphatic rings. The Balaban J connectivity index is 0.000000170. The largest absolute Gasteiger partial charge is 0.458 e. The molecule has 0 N–H and O–H groups in total. The molecule has 0 aliphatic carbocycles. The Morgan fingerprint density at radius 3 is 1.77 bits per heavy atom. The van der Waals surface area contributed by atoms with Crippen LogP contribution in [0.4, 0.5) is 4.39 Å². The molecule has 317 valence electrons. The quantitative estimate of drug-likeness (QED) is 0.147. The topological polar surface area (TPSA) is 95.4 Å². The summed E-state index contributed by atoms with van der Waals surface area (Å²) < 4.78 is 21.3. The maximum absolute atomic E-state index is 13.2. The summed E-state index contributed by atoms with van der Waals surface area (Å²) in [6.07, 6.45) is 5.47. The Bertz CT molecular complexity index is 3350. The van der Waals surface area contributed by atoms with Crippen molar-refractivity contribution in [3.05, 3.63) is 205 Å². The molecule has 65 heavy (non-hydrogen) atoms.